The Morgan fingerprint density at radius 1 is 1.36 bits per heavy atom. The van der Waals surface area contributed by atoms with Gasteiger partial charge in [-0.05, 0) is 24.4 Å². The highest BCUT2D eigenvalue weighted by molar-refractivity contribution is 5.38. The first-order chi connectivity index (χ1) is 6.65. The van der Waals surface area contributed by atoms with Gasteiger partial charge in [-0.15, -0.1) is 0 Å². The third-order valence-electron chi connectivity index (χ3n) is 2.81. The molecular weight excluding hydrogens is 184 g/mol. The van der Waals surface area contributed by atoms with Crippen LogP contribution in [0.3, 0.4) is 0 Å². The molecule has 0 aliphatic heterocycles. The van der Waals surface area contributed by atoms with Gasteiger partial charge in [-0.3, -0.25) is 0 Å². The molecule has 2 N–H and O–H groups in total. The lowest BCUT2D eigenvalue weighted by Crippen LogP contribution is -2.09. The van der Waals surface area contributed by atoms with Crippen molar-refractivity contribution in [3.8, 4) is 0 Å². The van der Waals surface area contributed by atoms with Crippen molar-refractivity contribution in [1.29, 1.82) is 0 Å². The van der Waals surface area contributed by atoms with Crippen molar-refractivity contribution in [1.82, 2.24) is 0 Å². The highest BCUT2D eigenvalue weighted by Gasteiger charge is 2.43. The van der Waals surface area contributed by atoms with E-state index in [0.29, 0.717) is 13.0 Å². The molecule has 1 nitrogen and oxygen atoms in total. The van der Waals surface area contributed by atoms with E-state index in [-0.39, 0.29) is 17.9 Å². The van der Waals surface area contributed by atoms with Crippen molar-refractivity contribution in [2.45, 2.75) is 24.7 Å². The molecule has 0 heterocycles. The van der Waals surface area contributed by atoms with Gasteiger partial charge in [-0.1, -0.05) is 24.3 Å². The molecule has 1 aromatic carbocycles. The minimum Gasteiger partial charge on any atom is -0.330 e. The zero-order valence-electron chi connectivity index (χ0n) is 7.84. The summed E-state index contributed by atoms with van der Waals surface area (Å²) in [6.45, 7) is 0.467. The molecule has 0 aromatic heterocycles. The van der Waals surface area contributed by atoms with Crippen molar-refractivity contribution in [3.63, 3.8) is 0 Å². The predicted molar refractivity (Wildman–Crippen MR) is 51.4 cm³/mol. The van der Waals surface area contributed by atoms with Gasteiger partial charge >= 0.3 is 0 Å². The molecule has 14 heavy (non-hydrogen) atoms. The Kier molecular flexibility index (Phi) is 2.27. The van der Waals surface area contributed by atoms with Crippen molar-refractivity contribution in [2.24, 2.45) is 5.73 Å². The van der Waals surface area contributed by atoms with Crippen LogP contribution in [0.25, 0.3) is 0 Å². The Bertz CT molecular complexity index is 336. The second kappa shape index (κ2) is 3.31. The van der Waals surface area contributed by atoms with Crippen LogP contribution < -0.4 is 5.73 Å². The number of nitrogens with two attached hydrogens (primary N) is 1. The Hall–Kier alpha value is -0.960. The van der Waals surface area contributed by atoms with Crippen LogP contribution >= 0.6 is 0 Å². The number of benzene rings is 1. The summed E-state index contributed by atoms with van der Waals surface area (Å²) >= 11 is 0. The number of rotatable bonds is 2. The molecule has 0 spiro atoms. The molecule has 1 aromatic rings. The van der Waals surface area contributed by atoms with E-state index in [0.717, 1.165) is 5.56 Å². The second-order valence-electron chi connectivity index (χ2n) is 3.77. The van der Waals surface area contributed by atoms with Crippen LogP contribution in [0.4, 0.5) is 8.78 Å². The van der Waals surface area contributed by atoms with E-state index in [1.54, 1.807) is 12.1 Å². The van der Waals surface area contributed by atoms with Crippen LogP contribution in [0.2, 0.25) is 0 Å². The second-order valence-corrected chi connectivity index (χ2v) is 3.77. The van der Waals surface area contributed by atoms with Crippen LogP contribution in [0, 0.1) is 0 Å². The van der Waals surface area contributed by atoms with Gasteiger partial charge in [0.15, 0.2) is 0 Å². The van der Waals surface area contributed by atoms with Crippen molar-refractivity contribution < 1.29 is 8.78 Å². The molecule has 1 aliphatic carbocycles. The highest BCUT2D eigenvalue weighted by Crippen LogP contribution is 2.49. The summed E-state index contributed by atoms with van der Waals surface area (Å²) in [7, 11) is 0. The van der Waals surface area contributed by atoms with Gasteiger partial charge < -0.3 is 5.73 Å². The number of halogens is 2. The molecule has 1 aliphatic rings. The van der Waals surface area contributed by atoms with Crippen molar-refractivity contribution in [3.05, 3.63) is 35.4 Å². The van der Waals surface area contributed by atoms with Gasteiger partial charge in [-0.25, -0.2) is 8.78 Å². The largest absolute Gasteiger partial charge is 0.330 e. The number of alkyl halides is 2. The lowest BCUT2D eigenvalue weighted by Gasteiger charge is -2.09. The van der Waals surface area contributed by atoms with Crippen molar-refractivity contribution >= 4 is 0 Å². The third kappa shape index (κ3) is 1.42. The highest BCUT2D eigenvalue weighted by atomic mass is 19.3. The normalized spacial score (nSPS) is 23.5. The quantitative estimate of drug-likeness (QED) is 0.774. The maximum Gasteiger partial charge on any atom is 0.274 e. The standard InChI is InChI=1S/C11H13F2N/c12-11(13)7-8(5-6-14)9-3-1-2-4-10(9)11/h1-4,8H,5-7,14H2. The topological polar surface area (TPSA) is 26.0 Å². The minimum absolute atomic E-state index is 0.0637. The van der Waals surface area contributed by atoms with Crippen LogP contribution in [0.5, 0.6) is 0 Å². The Balaban J connectivity index is 2.39. The minimum atomic E-state index is -2.66. The zero-order chi connectivity index (χ0) is 10.2. The summed E-state index contributed by atoms with van der Waals surface area (Å²) in [6.07, 6.45) is 0.566. The molecule has 0 radical (unpaired) electrons. The van der Waals surface area contributed by atoms with Gasteiger partial charge in [0.05, 0.1) is 0 Å². The summed E-state index contributed by atoms with van der Waals surface area (Å²) in [5, 5.41) is 0. The monoisotopic (exact) mass is 197 g/mol. The number of hydrogen-bond donors (Lipinski definition) is 1. The summed E-state index contributed by atoms with van der Waals surface area (Å²) in [6, 6.07) is 6.78. The van der Waals surface area contributed by atoms with Crippen LogP contribution in [0.15, 0.2) is 24.3 Å². The fraction of sp³-hybridized carbons (Fsp3) is 0.455. The molecule has 2 rings (SSSR count). The van der Waals surface area contributed by atoms with Crippen LogP contribution in [0.1, 0.15) is 29.9 Å². The van der Waals surface area contributed by atoms with Crippen LogP contribution in [-0.2, 0) is 5.92 Å². The van der Waals surface area contributed by atoms with Gasteiger partial charge in [0.2, 0.25) is 0 Å². The average Bonchev–Trinajstić information content (AvgIpc) is 2.41. The fourth-order valence-electron chi connectivity index (χ4n) is 2.17. The summed E-state index contributed by atoms with van der Waals surface area (Å²) in [5.74, 6) is -2.72. The molecule has 0 fully saturated rings. The Labute approximate surface area is 81.9 Å². The van der Waals surface area contributed by atoms with E-state index < -0.39 is 5.92 Å². The Morgan fingerprint density at radius 2 is 2.07 bits per heavy atom. The van der Waals surface area contributed by atoms with E-state index in [9.17, 15) is 8.78 Å². The first kappa shape index (κ1) is 9.59. The van der Waals surface area contributed by atoms with Crippen LogP contribution in [-0.4, -0.2) is 6.54 Å². The molecule has 1 unspecified atom stereocenters. The molecule has 0 bridgehead atoms. The lowest BCUT2D eigenvalue weighted by molar-refractivity contribution is -0.00712. The van der Waals surface area contributed by atoms with Crippen molar-refractivity contribution in [2.75, 3.05) is 6.54 Å². The molecule has 1 atom stereocenters. The first-order valence-corrected chi connectivity index (χ1v) is 4.82. The zero-order valence-corrected chi connectivity index (χ0v) is 7.84. The SMILES string of the molecule is NCCC1CC(F)(F)c2ccccc21. The van der Waals surface area contributed by atoms with E-state index in [2.05, 4.69) is 0 Å². The Morgan fingerprint density at radius 3 is 2.79 bits per heavy atom. The van der Waals surface area contributed by atoms with E-state index in [1.165, 1.54) is 6.07 Å². The van der Waals surface area contributed by atoms with Gasteiger partial charge in [0.25, 0.3) is 5.92 Å². The molecular formula is C11H13F2N. The predicted octanol–water partition coefficient (Wildman–Crippen LogP) is 2.61. The van der Waals surface area contributed by atoms with E-state index in [1.807, 2.05) is 6.07 Å². The van der Waals surface area contributed by atoms with Gasteiger partial charge in [0.1, 0.15) is 0 Å². The van der Waals surface area contributed by atoms with Gasteiger partial charge in [-0.2, -0.15) is 0 Å². The van der Waals surface area contributed by atoms with E-state index >= 15 is 0 Å². The maximum absolute atomic E-state index is 13.5. The molecule has 3 heteroatoms. The average molecular weight is 197 g/mol. The maximum atomic E-state index is 13.5. The third-order valence-corrected chi connectivity index (χ3v) is 2.81. The fourth-order valence-corrected chi connectivity index (χ4v) is 2.17. The number of fused-ring (bicyclic) bond motifs is 1. The molecule has 0 amide bonds. The molecule has 0 saturated heterocycles. The summed E-state index contributed by atoms with van der Waals surface area (Å²) in [5.41, 5.74) is 6.38. The van der Waals surface area contributed by atoms with Gasteiger partial charge in [0, 0.05) is 12.0 Å². The summed E-state index contributed by atoms with van der Waals surface area (Å²) in [4.78, 5) is 0. The lowest BCUT2D eigenvalue weighted by atomic mass is 9.98. The first-order valence-electron chi connectivity index (χ1n) is 4.82. The molecule has 76 valence electrons. The number of hydrogen-bond acceptors (Lipinski definition) is 1. The molecule has 0 saturated carbocycles. The smallest absolute Gasteiger partial charge is 0.274 e. The summed E-state index contributed by atoms with van der Waals surface area (Å²) < 4.78 is 26.9. The van der Waals surface area contributed by atoms with E-state index in [4.69, 9.17) is 5.73 Å².